The molecule has 2 aromatic carbocycles. The molecule has 0 spiro atoms. The largest absolute Gasteiger partial charge is 0.490 e. The van der Waals surface area contributed by atoms with E-state index in [4.69, 9.17) is 14.7 Å². The van der Waals surface area contributed by atoms with Crippen molar-refractivity contribution in [3.63, 3.8) is 0 Å². The molecular weight excluding hydrogens is 432 g/mol. The summed E-state index contributed by atoms with van der Waals surface area (Å²) in [7, 11) is -3.92. The number of esters is 1. The molecule has 8 nitrogen and oxygen atoms in total. The van der Waals surface area contributed by atoms with Crippen LogP contribution < -0.4 is 4.74 Å². The minimum absolute atomic E-state index is 0.0312. The number of hydrogen-bond acceptors (Lipinski definition) is 7. The van der Waals surface area contributed by atoms with Gasteiger partial charge in [0.1, 0.15) is 25.0 Å². The van der Waals surface area contributed by atoms with Crippen molar-refractivity contribution < 1.29 is 27.5 Å². The highest BCUT2D eigenvalue weighted by molar-refractivity contribution is 7.89. The van der Waals surface area contributed by atoms with Crippen molar-refractivity contribution in [1.29, 1.82) is 5.26 Å². The van der Waals surface area contributed by atoms with Crippen molar-refractivity contribution in [2.24, 2.45) is 0 Å². The molecule has 3 rings (SSSR count). The van der Waals surface area contributed by atoms with Crippen LogP contribution in [-0.2, 0) is 19.6 Å². The van der Waals surface area contributed by atoms with Gasteiger partial charge in [0.15, 0.2) is 5.78 Å². The van der Waals surface area contributed by atoms with Crippen LogP contribution in [-0.4, -0.2) is 50.3 Å². The SMILES string of the molecule is CC(=O)c1ccc(S(=O)(=O)N2CCCC[C@H]2C(=O)OCCOc2ccc(C#N)cc2)cc1. The van der Waals surface area contributed by atoms with Gasteiger partial charge in [0.25, 0.3) is 0 Å². The number of sulfonamides is 1. The fraction of sp³-hybridized carbons (Fsp3) is 0.348. The number of piperidine rings is 1. The number of carbonyl (C=O) groups excluding carboxylic acids is 2. The molecule has 0 aliphatic carbocycles. The van der Waals surface area contributed by atoms with Gasteiger partial charge in [-0.05, 0) is 62.6 Å². The molecule has 1 aliphatic heterocycles. The maximum atomic E-state index is 13.1. The summed E-state index contributed by atoms with van der Waals surface area (Å²) in [5, 5.41) is 8.80. The molecule has 0 saturated carbocycles. The summed E-state index contributed by atoms with van der Waals surface area (Å²) >= 11 is 0. The highest BCUT2D eigenvalue weighted by Gasteiger charge is 2.38. The molecule has 0 amide bonds. The number of ketones is 1. The van der Waals surface area contributed by atoms with Crippen LogP contribution in [0.2, 0.25) is 0 Å². The predicted molar refractivity (Wildman–Crippen MR) is 116 cm³/mol. The second-order valence-electron chi connectivity index (χ2n) is 7.36. The number of ether oxygens (including phenoxy) is 2. The van der Waals surface area contributed by atoms with Crippen molar-refractivity contribution in [2.75, 3.05) is 19.8 Å². The van der Waals surface area contributed by atoms with Crippen LogP contribution in [0.5, 0.6) is 5.75 Å². The lowest BCUT2D eigenvalue weighted by molar-refractivity contribution is -0.149. The van der Waals surface area contributed by atoms with Crippen molar-refractivity contribution >= 4 is 21.8 Å². The Kier molecular flexibility index (Phi) is 7.62. The van der Waals surface area contributed by atoms with E-state index in [2.05, 4.69) is 0 Å². The maximum absolute atomic E-state index is 13.1. The summed E-state index contributed by atoms with van der Waals surface area (Å²) < 4.78 is 38.2. The normalized spacial score (nSPS) is 16.7. The van der Waals surface area contributed by atoms with Crippen LogP contribution >= 0.6 is 0 Å². The van der Waals surface area contributed by atoms with Crippen LogP contribution in [0, 0.1) is 11.3 Å². The number of Topliss-reactive ketones (excluding diaryl/α,β-unsaturated/α-hetero) is 1. The summed E-state index contributed by atoms with van der Waals surface area (Å²) in [5.41, 5.74) is 0.930. The smallest absolute Gasteiger partial charge is 0.324 e. The topological polar surface area (TPSA) is 114 Å². The third-order valence-electron chi connectivity index (χ3n) is 5.17. The lowest BCUT2D eigenvalue weighted by atomic mass is 10.1. The van der Waals surface area contributed by atoms with Crippen molar-refractivity contribution in [3.8, 4) is 11.8 Å². The fourth-order valence-corrected chi connectivity index (χ4v) is 5.10. The molecule has 1 saturated heterocycles. The van der Waals surface area contributed by atoms with Gasteiger partial charge in [0.05, 0.1) is 16.5 Å². The average Bonchev–Trinajstić information content (AvgIpc) is 2.82. The summed E-state index contributed by atoms with van der Waals surface area (Å²) in [4.78, 5) is 24.1. The number of hydrogen-bond donors (Lipinski definition) is 0. The number of carbonyl (C=O) groups is 2. The second-order valence-corrected chi connectivity index (χ2v) is 9.25. The van der Waals surface area contributed by atoms with Gasteiger partial charge < -0.3 is 9.47 Å². The van der Waals surface area contributed by atoms with E-state index in [0.717, 1.165) is 6.42 Å². The first-order valence-corrected chi connectivity index (χ1v) is 11.7. The molecule has 9 heteroatoms. The minimum atomic E-state index is -3.92. The van der Waals surface area contributed by atoms with Crippen molar-refractivity contribution in [1.82, 2.24) is 4.31 Å². The molecule has 0 radical (unpaired) electrons. The highest BCUT2D eigenvalue weighted by atomic mass is 32.2. The standard InChI is InChI=1S/C23H24N2O6S/c1-17(26)19-7-11-21(12-8-19)32(28,29)25-13-3-2-4-22(25)23(27)31-15-14-30-20-9-5-18(16-24)6-10-20/h5-12,22H,2-4,13-15H2,1H3/t22-/m0/s1. The van der Waals surface area contributed by atoms with Gasteiger partial charge in [-0.25, -0.2) is 8.42 Å². The zero-order valence-electron chi connectivity index (χ0n) is 17.7. The van der Waals surface area contributed by atoms with E-state index in [0.29, 0.717) is 29.7 Å². The number of rotatable bonds is 8. The summed E-state index contributed by atoms with van der Waals surface area (Å²) in [5.74, 6) is -0.232. The van der Waals surface area contributed by atoms with Gasteiger partial charge in [-0.1, -0.05) is 12.1 Å². The minimum Gasteiger partial charge on any atom is -0.490 e. The third kappa shape index (κ3) is 5.52. The van der Waals surface area contributed by atoms with Gasteiger partial charge >= 0.3 is 5.97 Å². The lowest BCUT2D eigenvalue weighted by Crippen LogP contribution is -2.48. The monoisotopic (exact) mass is 456 g/mol. The van der Waals surface area contributed by atoms with Gasteiger partial charge in [0.2, 0.25) is 10.0 Å². The van der Waals surface area contributed by atoms with E-state index in [1.165, 1.54) is 35.5 Å². The first-order valence-electron chi connectivity index (χ1n) is 10.3. The van der Waals surface area contributed by atoms with Crippen LogP contribution in [0.1, 0.15) is 42.1 Å². The van der Waals surface area contributed by atoms with Gasteiger partial charge in [-0.2, -0.15) is 9.57 Å². The maximum Gasteiger partial charge on any atom is 0.324 e. The number of nitriles is 1. The first-order chi connectivity index (χ1) is 15.3. The quantitative estimate of drug-likeness (QED) is 0.341. The molecule has 0 N–H and O–H groups in total. The van der Waals surface area contributed by atoms with Crippen LogP contribution in [0.4, 0.5) is 0 Å². The molecule has 1 atom stereocenters. The average molecular weight is 457 g/mol. The Labute approximate surface area is 187 Å². The first kappa shape index (κ1) is 23.4. The lowest BCUT2D eigenvalue weighted by Gasteiger charge is -2.33. The summed E-state index contributed by atoms with van der Waals surface area (Å²) in [6.45, 7) is 1.70. The van der Waals surface area contributed by atoms with Crippen molar-refractivity contribution in [2.45, 2.75) is 37.1 Å². The summed E-state index contributed by atoms with van der Waals surface area (Å²) in [6, 6.07) is 13.3. The van der Waals surface area contributed by atoms with E-state index >= 15 is 0 Å². The molecule has 1 heterocycles. The Morgan fingerprint density at radius 2 is 1.75 bits per heavy atom. The Morgan fingerprint density at radius 3 is 2.38 bits per heavy atom. The molecule has 0 aromatic heterocycles. The fourth-order valence-electron chi connectivity index (χ4n) is 3.45. The van der Waals surface area contributed by atoms with Gasteiger partial charge in [-0.15, -0.1) is 0 Å². The Balaban J connectivity index is 1.61. The Hall–Kier alpha value is -3.22. The molecule has 2 aromatic rings. The molecule has 0 unspecified atom stereocenters. The summed E-state index contributed by atoms with van der Waals surface area (Å²) in [6.07, 6.45) is 1.74. The molecule has 1 fully saturated rings. The van der Waals surface area contributed by atoms with E-state index in [9.17, 15) is 18.0 Å². The Morgan fingerprint density at radius 1 is 1.06 bits per heavy atom. The molecule has 1 aliphatic rings. The number of nitrogens with zero attached hydrogens (tertiary/aromatic N) is 2. The van der Waals surface area contributed by atoms with Gasteiger partial charge in [-0.3, -0.25) is 9.59 Å². The zero-order valence-corrected chi connectivity index (χ0v) is 18.5. The van der Waals surface area contributed by atoms with Crippen molar-refractivity contribution in [3.05, 3.63) is 59.7 Å². The van der Waals surface area contributed by atoms with E-state index in [1.54, 1.807) is 24.3 Å². The molecule has 168 valence electrons. The Bertz CT molecular complexity index is 1100. The second kappa shape index (κ2) is 10.4. The van der Waals surface area contributed by atoms with Crippen LogP contribution in [0.25, 0.3) is 0 Å². The zero-order chi connectivity index (χ0) is 23.1. The third-order valence-corrected chi connectivity index (χ3v) is 7.10. The van der Waals surface area contributed by atoms with Crippen LogP contribution in [0.3, 0.4) is 0 Å². The van der Waals surface area contributed by atoms with E-state index in [-0.39, 0.29) is 30.4 Å². The van der Waals surface area contributed by atoms with E-state index < -0.39 is 22.0 Å². The highest BCUT2D eigenvalue weighted by Crippen LogP contribution is 2.26. The number of benzene rings is 2. The predicted octanol–water partition coefficient (Wildman–Crippen LogP) is 2.93. The van der Waals surface area contributed by atoms with Crippen LogP contribution in [0.15, 0.2) is 53.4 Å². The molecular formula is C23H24N2O6S. The van der Waals surface area contributed by atoms with E-state index in [1.807, 2.05) is 6.07 Å². The molecule has 32 heavy (non-hydrogen) atoms. The molecule has 0 bridgehead atoms. The van der Waals surface area contributed by atoms with Gasteiger partial charge in [0, 0.05) is 12.1 Å².